The van der Waals surface area contributed by atoms with Crippen LogP contribution in [0.5, 0.6) is 11.5 Å². The van der Waals surface area contributed by atoms with E-state index in [9.17, 15) is 4.79 Å². The van der Waals surface area contributed by atoms with Gasteiger partial charge in [0.15, 0.2) is 11.5 Å². The Bertz CT molecular complexity index is 1230. The standard InChI is InChI=1S/C23H21N3O3S2/c1-13-21(31-23(24-13)16-7-10-19(28-3)20(11-16)29-4)22(27)26-17-8-5-15(6-9-17)18-12-30-14(2)25-18/h5-12H,1-4H3,(H,26,27). The summed E-state index contributed by atoms with van der Waals surface area (Å²) in [5.41, 5.74) is 4.24. The zero-order chi connectivity index (χ0) is 22.0. The molecule has 0 spiro atoms. The Labute approximate surface area is 188 Å². The van der Waals surface area contributed by atoms with Crippen molar-refractivity contribution in [1.29, 1.82) is 0 Å². The van der Waals surface area contributed by atoms with Gasteiger partial charge in [0.25, 0.3) is 5.91 Å². The number of carbonyl (C=O) groups excluding carboxylic acids is 1. The summed E-state index contributed by atoms with van der Waals surface area (Å²) in [6.07, 6.45) is 0. The van der Waals surface area contributed by atoms with E-state index < -0.39 is 0 Å². The molecule has 158 valence electrons. The Kier molecular flexibility index (Phi) is 6.01. The third-order valence-electron chi connectivity index (χ3n) is 4.69. The van der Waals surface area contributed by atoms with E-state index in [0.717, 1.165) is 32.5 Å². The van der Waals surface area contributed by atoms with Crippen LogP contribution in [0.4, 0.5) is 5.69 Å². The van der Waals surface area contributed by atoms with Crippen molar-refractivity contribution in [3.8, 4) is 33.3 Å². The summed E-state index contributed by atoms with van der Waals surface area (Å²) in [5.74, 6) is 1.09. The molecule has 0 aliphatic rings. The highest BCUT2D eigenvalue weighted by atomic mass is 32.1. The maximum atomic E-state index is 12.9. The first-order chi connectivity index (χ1) is 15.0. The minimum Gasteiger partial charge on any atom is -0.493 e. The predicted octanol–water partition coefficient (Wildman–Crippen LogP) is 5.82. The number of benzene rings is 2. The molecule has 8 heteroatoms. The average molecular weight is 452 g/mol. The van der Waals surface area contributed by atoms with Gasteiger partial charge in [-0.25, -0.2) is 9.97 Å². The summed E-state index contributed by atoms with van der Waals surface area (Å²) in [6.45, 7) is 3.82. The number of ether oxygens (including phenoxy) is 2. The lowest BCUT2D eigenvalue weighted by molar-refractivity contribution is 0.103. The van der Waals surface area contributed by atoms with E-state index in [4.69, 9.17) is 9.47 Å². The fourth-order valence-electron chi connectivity index (χ4n) is 3.11. The van der Waals surface area contributed by atoms with Gasteiger partial charge in [0.2, 0.25) is 0 Å². The summed E-state index contributed by atoms with van der Waals surface area (Å²) in [4.78, 5) is 22.5. The zero-order valence-electron chi connectivity index (χ0n) is 17.6. The van der Waals surface area contributed by atoms with Crippen LogP contribution in [-0.2, 0) is 0 Å². The second kappa shape index (κ2) is 8.87. The Balaban J connectivity index is 1.53. The van der Waals surface area contributed by atoms with Crippen LogP contribution in [0.1, 0.15) is 20.4 Å². The third-order valence-corrected chi connectivity index (χ3v) is 6.67. The molecule has 0 atom stereocenters. The molecule has 31 heavy (non-hydrogen) atoms. The molecular weight excluding hydrogens is 430 g/mol. The van der Waals surface area contributed by atoms with Gasteiger partial charge in [-0.3, -0.25) is 4.79 Å². The fourth-order valence-corrected chi connectivity index (χ4v) is 4.69. The van der Waals surface area contributed by atoms with Crippen LogP contribution in [0.3, 0.4) is 0 Å². The Morgan fingerprint density at radius 2 is 1.65 bits per heavy atom. The van der Waals surface area contributed by atoms with Crippen molar-refractivity contribution in [2.75, 3.05) is 19.5 Å². The number of nitrogens with one attached hydrogen (secondary N) is 1. The van der Waals surface area contributed by atoms with E-state index in [1.165, 1.54) is 11.3 Å². The lowest BCUT2D eigenvalue weighted by Gasteiger charge is -2.08. The monoisotopic (exact) mass is 451 g/mol. The summed E-state index contributed by atoms with van der Waals surface area (Å²) >= 11 is 2.96. The van der Waals surface area contributed by atoms with Crippen LogP contribution in [0.25, 0.3) is 21.8 Å². The summed E-state index contributed by atoms with van der Waals surface area (Å²) in [7, 11) is 3.19. The Morgan fingerprint density at radius 3 is 2.29 bits per heavy atom. The number of carbonyl (C=O) groups is 1. The molecule has 6 nitrogen and oxygen atoms in total. The molecule has 1 N–H and O–H groups in total. The minimum absolute atomic E-state index is 0.182. The third kappa shape index (κ3) is 4.45. The van der Waals surface area contributed by atoms with Gasteiger partial charge in [-0.15, -0.1) is 22.7 Å². The van der Waals surface area contributed by atoms with Crippen LogP contribution < -0.4 is 14.8 Å². The molecule has 0 aliphatic carbocycles. The van der Waals surface area contributed by atoms with Crippen molar-refractivity contribution in [2.24, 2.45) is 0 Å². The van der Waals surface area contributed by atoms with Crippen LogP contribution in [0.2, 0.25) is 0 Å². The van der Waals surface area contributed by atoms with Crippen molar-refractivity contribution in [1.82, 2.24) is 9.97 Å². The van der Waals surface area contributed by atoms with E-state index in [1.54, 1.807) is 25.6 Å². The number of hydrogen-bond donors (Lipinski definition) is 1. The summed E-state index contributed by atoms with van der Waals surface area (Å²) < 4.78 is 10.7. The van der Waals surface area contributed by atoms with Crippen molar-refractivity contribution < 1.29 is 14.3 Å². The van der Waals surface area contributed by atoms with Crippen molar-refractivity contribution in [2.45, 2.75) is 13.8 Å². The van der Waals surface area contributed by atoms with Crippen molar-refractivity contribution in [3.63, 3.8) is 0 Å². The number of aryl methyl sites for hydroxylation is 2. The number of amides is 1. The molecule has 2 aromatic carbocycles. The van der Waals surface area contributed by atoms with E-state index in [1.807, 2.05) is 61.7 Å². The van der Waals surface area contributed by atoms with Gasteiger partial charge in [-0.05, 0) is 44.2 Å². The van der Waals surface area contributed by atoms with Gasteiger partial charge in [-0.1, -0.05) is 12.1 Å². The smallest absolute Gasteiger partial charge is 0.267 e. The average Bonchev–Trinajstić information content (AvgIpc) is 3.39. The lowest BCUT2D eigenvalue weighted by Crippen LogP contribution is -2.11. The molecule has 0 saturated heterocycles. The fraction of sp³-hybridized carbons (Fsp3) is 0.174. The van der Waals surface area contributed by atoms with Crippen LogP contribution in [0, 0.1) is 13.8 Å². The van der Waals surface area contributed by atoms with Crippen LogP contribution in [0.15, 0.2) is 47.8 Å². The van der Waals surface area contributed by atoms with Gasteiger partial charge in [-0.2, -0.15) is 0 Å². The molecule has 0 bridgehead atoms. The lowest BCUT2D eigenvalue weighted by atomic mass is 10.1. The van der Waals surface area contributed by atoms with E-state index in [0.29, 0.717) is 22.1 Å². The SMILES string of the molecule is COc1ccc(-c2nc(C)c(C(=O)Nc3ccc(-c4csc(C)n4)cc3)s2)cc1OC. The number of methoxy groups -OCH3 is 2. The minimum atomic E-state index is -0.182. The van der Waals surface area contributed by atoms with Gasteiger partial charge in [0.1, 0.15) is 9.88 Å². The number of hydrogen-bond acceptors (Lipinski definition) is 7. The molecule has 0 unspecified atom stereocenters. The summed E-state index contributed by atoms with van der Waals surface area (Å²) in [5, 5.41) is 6.76. The largest absolute Gasteiger partial charge is 0.493 e. The van der Waals surface area contributed by atoms with E-state index in [2.05, 4.69) is 15.3 Å². The molecule has 2 aromatic heterocycles. The van der Waals surface area contributed by atoms with E-state index in [-0.39, 0.29) is 5.91 Å². The van der Waals surface area contributed by atoms with E-state index >= 15 is 0 Å². The number of aromatic nitrogens is 2. The highest BCUT2D eigenvalue weighted by Crippen LogP contribution is 2.35. The first kappa shape index (κ1) is 21.0. The maximum Gasteiger partial charge on any atom is 0.267 e. The number of thiazole rings is 2. The highest BCUT2D eigenvalue weighted by molar-refractivity contribution is 7.17. The molecule has 0 radical (unpaired) electrons. The first-order valence-electron chi connectivity index (χ1n) is 9.52. The molecule has 0 saturated carbocycles. The van der Waals surface area contributed by atoms with Gasteiger partial charge in [0.05, 0.1) is 30.6 Å². The maximum absolute atomic E-state index is 12.9. The molecule has 0 aliphatic heterocycles. The first-order valence-corrected chi connectivity index (χ1v) is 11.2. The number of nitrogens with zero attached hydrogens (tertiary/aromatic N) is 2. The Morgan fingerprint density at radius 1 is 0.935 bits per heavy atom. The van der Waals surface area contributed by atoms with Gasteiger partial charge in [0, 0.05) is 22.2 Å². The second-order valence-electron chi connectivity index (χ2n) is 6.79. The van der Waals surface area contributed by atoms with Crippen LogP contribution in [-0.4, -0.2) is 30.1 Å². The number of rotatable bonds is 6. The predicted molar refractivity (Wildman–Crippen MR) is 126 cm³/mol. The molecule has 4 rings (SSSR count). The molecule has 2 heterocycles. The topological polar surface area (TPSA) is 73.3 Å². The quantitative estimate of drug-likeness (QED) is 0.400. The highest BCUT2D eigenvalue weighted by Gasteiger charge is 2.18. The normalized spacial score (nSPS) is 10.7. The van der Waals surface area contributed by atoms with Gasteiger partial charge >= 0.3 is 0 Å². The zero-order valence-corrected chi connectivity index (χ0v) is 19.2. The van der Waals surface area contributed by atoms with Crippen LogP contribution >= 0.6 is 22.7 Å². The molecule has 0 fully saturated rings. The number of anilines is 1. The van der Waals surface area contributed by atoms with Crippen molar-refractivity contribution >= 4 is 34.3 Å². The summed E-state index contributed by atoms with van der Waals surface area (Å²) in [6, 6.07) is 13.3. The Hall–Kier alpha value is -3.23. The second-order valence-corrected chi connectivity index (χ2v) is 8.85. The molecule has 1 amide bonds. The van der Waals surface area contributed by atoms with Crippen molar-refractivity contribution in [3.05, 3.63) is 63.4 Å². The van der Waals surface area contributed by atoms with Gasteiger partial charge < -0.3 is 14.8 Å². The molecule has 4 aromatic rings. The molecular formula is C23H21N3O3S2.